The van der Waals surface area contributed by atoms with Gasteiger partial charge in [-0.2, -0.15) is 11.3 Å². The Kier molecular flexibility index (Phi) is 3.70. The van der Waals surface area contributed by atoms with Crippen molar-refractivity contribution in [3.05, 3.63) is 21.9 Å². The van der Waals surface area contributed by atoms with Gasteiger partial charge in [-0.1, -0.05) is 6.42 Å². The van der Waals surface area contributed by atoms with Crippen LogP contribution in [0, 0.1) is 0 Å². The Balaban J connectivity index is 0.000000853. The Hall–Kier alpha value is -0.0500. The number of aryl methyl sites for hydroxylation is 1. The minimum Gasteiger partial charge on any atom is -0.311 e. The van der Waals surface area contributed by atoms with Crippen LogP contribution in [0.15, 0.2) is 10.8 Å². The quantitative estimate of drug-likeness (QED) is 0.842. The Morgan fingerprint density at radius 2 is 1.87 bits per heavy atom. The molecule has 3 heteroatoms. The molecular formula is C12H18ClNS. The SMILES string of the molecule is Cl.c1scc2c1CCC(NC1CCC1)C2. The molecule has 1 aromatic heterocycles. The molecule has 0 aliphatic heterocycles. The molecule has 0 amide bonds. The van der Waals surface area contributed by atoms with E-state index in [1.165, 1.54) is 38.5 Å². The topological polar surface area (TPSA) is 12.0 Å². The summed E-state index contributed by atoms with van der Waals surface area (Å²) in [5.74, 6) is 0. The molecule has 1 heterocycles. The van der Waals surface area contributed by atoms with Gasteiger partial charge in [0.2, 0.25) is 0 Å². The molecule has 0 bridgehead atoms. The van der Waals surface area contributed by atoms with Gasteiger partial charge < -0.3 is 5.32 Å². The summed E-state index contributed by atoms with van der Waals surface area (Å²) in [6.45, 7) is 0. The molecule has 1 unspecified atom stereocenters. The maximum absolute atomic E-state index is 3.79. The van der Waals surface area contributed by atoms with Crippen LogP contribution in [0.3, 0.4) is 0 Å². The van der Waals surface area contributed by atoms with E-state index in [2.05, 4.69) is 16.1 Å². The Morgan fingerprint density at radius 3 is 2.60 bits per heavy atom. The van der Waals surface area contributed by atoms with Crippen LogP contribution in [0.1, 0.15) is 36.8 Å². The second-order valence-electron chi connectivity index (χ2n) is 4.66. The molecule has 1 atom stereocenters. The van der Waals surface area contributed by atoms with Gasteiger partial charge >= 0.3 is 0 Å². The molecule has 2 aliphatic rings. The maximum Gasteiger partial charge on any atom is 0.0114 e. The van der Waals surface area contributed by atoms with Crippen LogP contribution in [0.5, 0.6) is 0 Å². The van der Waals surface area contributed by atoms with Crippen molar-refractivity contribution in [2.24, 2.45) is 0 Å². The third kappa shape index (κ3) is 2.38. The lowest BCUT2D eigenvalue weighted by atomic mass is 9.87. The van der Waals surface area contributed by atoms with E-state index in [1.807, 2.05) is 11.3 Å². The largest absolute Gasteiger partial charge is 0.311 e. The highest BCUT2D eigenvalue weighted by Crippen LogP contribution is 2.27. The van der Waals surface area contributed by atoms with E-state index in [0.717, 1.165) is 12.1 Å². The van der Waals surface area contributed by atoms with Crippen molar-refractivity contribution in [2.75, 3.05) is 0 Å². The zero-order chi connectivity index (χ0) is 9.38. The predicted molar refractivity (Wildman–Crippen MR) is 68.2 cm³/mol. The van der Waals surface area contributed by atoms with E-state index in [4.69, 9.17) is 0 Å². The molecule has 3 rings (SSSR count). The van der Waals surface area contributed by atoms with Crippen molar-refractivity contribution in [1.29, 1.82) is 0 Å². The van der Waals surface area contributed by atoms with Crippen molar-refractivity contribution in [3.63, 3.8) is 0 Å². The van der Waals surface area contributed by atoms with Gasteiger partial charge in [-0.3, -0.25) is 0 Å². The first-order chi connectivity index (χ1) is 6.92. The van der Waals surface area contributed by atoms with Crippen molar-refractivity contribution in [2.45, 2.75) is 50.6 Å². The smallest absolute Gasteiger partial charge is 0.0114 e. The Bertz CT molecular complexity index is 319. The van der Waals surface area contributed by atoms with Crippen molar-refractivity contribution in [1.82, 2.24) is 5.32 Å². The molecular weight excluding hydrogens is 226 g/mol. The lowest BCUT2D eigenvalue weighted by molar-refractivity contribution is 0.290. The summed E-state index contributed by atoms with van der Waals surface area (Å²) in [6, 6.07) is 1.61. The number of hydrogen-bond acceptors (Lipinski definition) is 2. The summed E-state index contributed by atoms with van der Waals surface area (Å²) >= 11 is 1.87. The minimum atomic E-state index is 0. The maximum atomic E-state index is 3.79. The molecule has 1 saturated carbocycles. The number of hydrogen-bond donors (Lipinski definition) is 1. The van der Waals surface area contributed by atoms with E-state index >= 15 is 0 Å². The molecule has 1 fully saturated rings. The fourth-order valence-electron chi connectivity index (χ4n) is 2.50. The predicted octanol–water partition coefficient (Wildman–Crippen LogP) is 3.17. The number of rotatable bonds is 2. The molecule has 2 aliphatic carbocycles. The van der Waals surface area contributed by atoms with Crippen LogP contribution in [0.2, 0.25) is 0 Å². The summed E-state index contributed by atoms with van der Waals surface area (Å²) < 4.78 is 0. The van der Waals surface area contributed by atoms with Gasteiger partial charge in [-0.25, -0.2) is 0 Å². The number of halogens is 1. The van der Waals surface area contributed by atoms with Gasteiger partial charge in [0.1, 0.15) is 0 Å². The van der Waals surface area contributed by atoms with E-state index in [0.29, 0.717) is 0 Å². The number of nitrogens with one attached hydrogen (secondary N) is 1. The monoisotopic (exact) mass is 243 g/mol. The average Bonchev–Trinajstić information content (AvgIpc) is 2.58. The van der Waals surface area contributed by atoms with Gasteiger partial charge in [0, 0.05) is 12.1 Å². The standard InChI is InChI=1S/C12H17NS.ClH/c1-2-11(3-1)13-12-5-4-9-7-14-8-10(9)6-12;/h7-8,11-13H,1-6H2;1H. The van der Waals surface area contributed by atoms with Crippen LogP contribution in [-0.2, 0) is 12.8 Å². The lowest BCUT2D eigenvalue weighted by Crippen LogP contribution is -2.44. The second-order valence-corrected chi connectivity index (χ2v) is 5.40. The molecule has 0 saturated heterocycles. The lowest BCUT2D eigenvalue weighted by Gasteiger charge is -2.33. The van der Waals surface area contributed by atoms with Crippen LogP contribution >= 0.6 is 23.7 Å². The first-order valence-electron chi connectivity index (χ1n) is 5.72. The van der Waals surface area contributed by atoms with Crippen LogP contribution in [0.25, 0.3) is 0 Å². The highest BCUT2D eigenvalue weighted by molar-refractivity contribution is 7.08. The van der Waals surface area contributed by atoms with Gasteiger partial charge in [0.05, 0.1) is 0 Å². The third-order valence-electron chi connectivity index (χ3n) is 3.64. The van der Waals surface area contributed by atoms with E-state index in [1.54, 1.807) is 11.1 Å². The summed E-state index contributed by atoms with van der Waals surface area (Å²) in [5, 5.41) is 8.46. The van der Waals surface area contributed by atoms with E-state index in [9.17, 15) is 0 Å². The van der Waals surface area contributed by atoms with Crippen molar-refractivity contribution < 1.29 is 0 Å². The van der Waals surface area contributed by atoms with Gasteiger partial charge in [-0.05, 0) is 54.0 Å². The highest BCUT2D eigenvalue weighted by atomic mass is 35.5. The number of fused-ring (bicyclic) bond motifs is 1. The Labute approximate surface area is 102 Å². The molecule has 0 aromatic carbocycles. The third-order valence-corrected chi connectivity index (χ3v) is 4.48. The van der Waals surface area contributed by atoms with E-state index in [-0.39, 0.29) is 12.4 Å². The van der Waals surface area contributed by atoms with Gasteiger partial charge in [0.25, 0.3) is 0 Å². The van der Waals surface area contributed by atoms with Crippen LogP contribution in [-0.4, -0.2) is 12.1 Å². The summed E-state index contributed by atoms with van der Waals surface area (Å²) in [6.07, 6.45) is 8.17. The van der Waals surface area contributed by atoms with Gasteiger partial charge in [-0.15, -0.1) is 12.4 Å². The first-order valence-corrected chi connectivity index (χ1v) is 6.66. The summed E-state index contributed by atoms with van der Waals surface area (Å²) in [7, 11) is 0. The molecule has 0 radical (unpaired) electrons. The molecule has 15 heavy (non-hydrogen) atoms. The minimum absolute atomic E-state index is 0. The first kappa shape index (κ1) is 11.4. The molecule has 84 valence electrons. The second kappa shape index (κ2) is 4.86. The molecule has 1 N–H and O–H groups in total. The Morgan fingerprint density at radius 1 is 1.07 bits per heavy atom. The van der Waals surface area contributed by atoms with E-state index < -0.39 is 0 Å². The fourth-order valence-corrected chi connectivity index (χ4v) is 3.41. The van der Waals surface area contributed by atoms with Crippen molar-refractivity contribution >= 4 is 23.7 Å². The number of thiophene rings is 1. The zero-order valence-electron chi connectivity index (χ0n) is 8.87. The van der Waals surface area contributed by atoms with Crippen molar-refractivity contribution in [3.8, 4) is 0 Å². The summed E-state index contributed by atoms with van der Waals surface area (Å²) in [5.41, 5.74) is 3.22. The van der Waals surface area contributed by atoms with Gasteiger partial charge in [0.15, 0.2) is 0 Å². The zero-order valence-corrected chi connectivity index (χ0v) is 10.5. The summed E-state index contributed by atoms with van der Waals surface area (Å²) in [4.78, 5) is 0. The van der Waals surface area contributed by atoms with Crippen LogP contribution in [0.4, 0.5) is 0 Å². The molecule has 1 nitrogen and oxygen atoms in total. The molecule has 0 spiro atoms. The molecule has 1 aromatic rings. The average molecular weight is 244 g/mol. The normalized spacial score (nSPS) is 25.2. The highest BCUT2D eigenvalue weighted by Gasteiger charge is 2.24. The van der Waals surface area contributed by atoms with Crippen LogP contribution < -0.4 is 5.32 Å². The fraction of sp³-hybridized carbons (Fsp3) is 0.667.